The summed E-state index contributed by atoms with van der Waals surface area (Å²) >= 11 is 0. The van der Waals surface area contributed by atoms with Crippen LogP contribution in [-0.2, 0) is 0 Å². The first-order chi connectivity index (χ1) is 6.24. The molecular weight excluding hydrogens is 162 g/mol. The van der Waals surface area contributed by atoms with E-state index in [4.69, 9.17) is 0 Å². The molecule has 0 spiro atoms. The van der Waals surface area contributed by atoms with Crippen LogP contribution in [0, 0.1) is 0 Å². The molecule has 0 N–H and O–H groups in total. The maximum absolute atomic E-state index is 3.84. The number of aromatic nitrogens is 3. The van der Waals surface area contributed by atoms with Gasteiger partial charge in [0.1, 0.15) is 6.33 Å². The molecule has 0 bridgehead atoms. The number of hydrogen-bond acceptors (Lipinski definition) is 2. The molecule has 3 heteroatoms. The van der Waals surface area contributed by atoms with E-state index in [1.165, 1.54) is 5.57 Å². The fourth-order valence-corrected chi connectivity index (χ4v) is 0.775. The second-order valence-electron chi connectivity index (χ2n) is 2.51. The Morgan fingerprint density at radius 2 is 2.08 bits per heavy atom. The number of nitrogens with zero attached hydrogens (tertiary/aromatic N) is 3. The molecule has 0 aliphatic rings. The third kappa shape index (κ3) is 3.69. The summed E-state index contributed by atoms with van der Waals surface area (Å²) in [5.74, 6) is 0.770. The molecular formula is C10H17N3. The summed E-state index contributed by atoms with van der Waals surface area (Å²) in [5.41, 5.74) is 1.20. The molecule has 13 heavy (non-hydrogen) atoms. The van der Waals surface area contributed by atoms with E-state index in [-0.39, 0.29) is 0 Å². The van der Waals surface area contributed by atoms with Crippen LogP contribution in [0.25, 0.3) is 12.3 Å². The SMILES string of the molecule is C=Cc1nncn1C=C(C)C.CC. The highest BCUT2D eigenvalue weighted by Gasteiger charge is 1.94. The van der Waals surface area contributed by atoms with Crippen LogP contribution in [0.2, 0.25) is 0 Å². The first-order valence-corrected chi connectivity index (χ1v) is 4.41. The molecule has 1 aromatic rings. The molecule has 3 nitrogen and oxygen atoms in total. The lowest BCUT2D eigenvalue weighted by Gasteiger charge is -1.94. The minimum absolute atomic E-state index is 0.770. The Hall–Kier alpha value is -1.38. The van der Waals surface area contributed by atoms with Crippen LogP contribution in [-0.4, -0.2) is 14.8 Å². The van der Waals surface area contributed by atoms with Crippen molar-refractivity contribution in [1.29, 1.82) is 0 Å². The van der Waals surface area contributed by atoms with Crippen LogP contribution in [0.3, 0.4) is 0 Å². The summed E-state index contributed by atoms with van der Waals surface area (Å²) in [6.45, 7) is 11.7. The summed E-state index contributed by atoms with van der Waals surface area (Å²) in [7, 11) is 0. The van der Waals surface area contributed by atoms with Gasteiger partial charge >= 0.3 is 0 Å². The average molecular weight is 179 g/mol. The Bertz CT molecular complexity index is 280. The fourth-order valence-electron chi connectivity index (χ4n) is 0.775. The predicted molar refractivity (Wildman–Crippen MR) is 57.1 cm³/mol. The monoisotopic (exact) mass is 179 g/mol. The van der Waals surface area contributed by atoms with E-state index in [2.05, 4.69) is 16.8 Å². The Morgan fingerprint density at radius 3 is 2.54 bits per heavy atom. The van der Waals surface area contributed by atoms with Crippen molar-refractivity contribution in [3.8, 4) is 0 Å². The zero-order chi connectivity index (χ0) is 10.3. The maximum Gasteiger partial charge on any atom is 0.159 e. The Morgan fingerprint density at radius 1 is 1.46 bits per heavy atom. The van der Waals surface area contributed by atoms with Gasteiger partial charge in [0.25, 0.3) is 0 Å². The maximum atomic E-state index is 3.84. The Kier molecular flexibility index (Phi) is 5.52. The summed E-state index contributed by atoms with van der Waals surface area (Å²) in [6, 6.07) is 0. The minimum Gasteiger partial charge on any atom is -0.289 e. The third-order valence-corrected chi connectivity index (χ3v) is 1.18. The normalized spacial score (nSPS) is 8.31. The number of rotatable bonds is 2. The van der Waals surface area contributed by atoms with E-state index < -0.39 is 0 Å². The summed E-state index contributed by atoms with van der Waals surface area (Å²) < 4.78 is 1.84. The molecule has 0 aromatic carbocycles. The second-order valence-corrected chi connectivity index (χ2v) is 2.51. The molecule has 0 unspecified atom stereocenters. The van der Waals surface area contributed by atoms with Gasteiger partial charge in [-0.25, -0.2) is 0 Å². The molecule has 1 aromatic heterocycles. The smallest absolute Gasteiger partial charge is 0.159 e. The van der Waals surface area contributed by atoms with Crippen LogP contribution in [0.15, 0.2) is 18.5 Å². The van der Waals surface area contributed by atoms with Gasteiger partial charge in [-0.05, 0) is 19.9 Å². The number of allylic oxidation sites excluding steroid dienone is 1. The van der Waals surface area contributed by atoms with Crippen molar-refractivity contribution in [2.75, 3.05) is 0 Å². The van der Waals surface area contributed by atoms with Gasteiger partial charge in [0.05, 0.1) is 0 Å². The van der Waals surface area contributed by atoms with Crippen LogP contribution in [0.5, 0.6) is 0 Å². The average Bonchev–Trinajstić information content (AvgIpc) is 2.54. The standard InChI is InChI=1S/C8H11N3.C2H6/c1-4-8-10-9-6-11(8)5-7(2)3;1-2/h4-6H,1H2,2-3H3;1-2H3. The minimum atomic E-state index is 0.770. The van der Waals surface area contributed by atoms with Crippen molar-refractivity contribution in [1.82, 2.24) is 14.8 Å². The summed E-state index contributed by atoms with van der Waals surface area (Å²) in [4.78, 5) is 0. The fraction of sp³-hybridized carbons (Fsp3) is 0.400. The zero-order valence-electron chi connectivity index (χ0n) is 8.78. The molecule has 0 fully saturated rings. The van der Waals surface area contributed by atoms with E-state index >= 15 is 0 Å². The van der Waals surface area contributed by atoms with Gasteiger partial charge < -0.3 is 0 Å². The van der Waals surface area contributed by atoms with Crippen molar-refractivity contribution in [3.05, 3.63) is 24.3 Å². The van der Waals surface area contributed by atoms with Crippen molar-refractivity contribution in [2.45, 2.75) is 27.7 Å². The van der Waals surface area contributed by atoms with E-state index in [0.717, 1.165) is 5.82 Å². The van der Waals surface area contributed by atoms with Crippen molar-refractivity contribution in [2.24, 2.45) is 0 Å². The van der Waals surface area contributed by atoms with Gasteiger partial charge in [-0.3, -0.25) is 4.57 Å². The quantitative estimate of drug-likeness (QED) is 0.699. The van der Waals surface area contributed by atoms with Crippen LogP contribution < -0.4 is 0 Å². The van der Waals surface area contributed by atoms with Gasteiger partial charge in [0.2, 0.25) is 0 Å². The molecule has 72 valence electrons. The first kappa shape index (κ1) is 11.6. The van der Waals surface area contributed by atoms with Gasteiger partial charge in [0, 0.05) is 6.20 Å². The van der Waals surface area contributed by atoms with Gasteiger partial charge in [-0.2, -0.15) is 0 Å². The summed E-state index contributed by atoms with van der Waals surface area (Å²) in [5, 5.41) is 7.58. The van der Waals surface area contributed by atoms with Crippen molar-refractivity contribution in [3.63, 3.8) is 0 Å². The van der Waals surface area contributed by atoms with Gasteiger partial charge in [0.15, 0.2) is 5.82 Å². The molecule has 0 atom stereocenters. The third-order valence-electron chi connectivity index (χ3n) is 1.18. The predicted octanol–water partition coefficient (Wildman–Crippen LogP) is 2.83. The number of hydrogen-bond donors (Lipinski definition) is 0. The van der Waals surface area contributed by atoms with E-state index in [1.54, 1.807) is 12.4 Å². The largest absolute Gasteiger partial charge is 0.289 e. The molecule has 1 rings (SSSR count). The lowest BCUT2D eigenvalue weighted by Crippen LogP contribution is -1.88. The highest BCUT2D eigenvalue weighted by molar-refractivity contribution is 5.42. The molecule has 0 aliphatic heterocycles. The molecule has 0 aliphatic carbocycles. The van der Waals surface area contributed by atoms with E-state index in [1.807, 2.05) is 38.5 Å². The van der Waals surface area contributed by atoms with E-state index in [0.29, 0.717) is 0 Å². The molecule has 0 saturated carbocycles. The first-order valence-electron chi connectivity index (χ1n) is 4.41. The van der Waals surface area contributed by atoms with Crippen LogP contribution in [0.1, 0.15) is 33.5 Å². The molecule has 0 amide bonds. The van der Waals surface area contributed by atoms with Crippen molar-refractivity contribution < 1.29 is 0 Å². The lowest BCUT2D eigenvalue weighted by atomic mass is 10.4. The molecule has 0 saturated heterocycles. The highest BCUT2D eigenvalue weighted by Crippen LogP contribution is 2.00. The second kappa shape index (κ2) is 6.17. The van der Waals surface area contributed by atoms with E-state index in [9.17, 15) is 0 Å². The van der Waals surface area contributed by atoms with Gasteiger partial charge in [-0.15, -0.1) is 10.2 Å². The molecule has 0 radical (unpaired) electrons. The van der Waals surface area contributed by atoms with Gasteiger partial charge in [-0.1, -0.05) is 26.0 Å². The Balaban J connectivity index is 0.000000671. The van der Waals surface area contributed by atoms with Crippen molar-refractivity contribution >= 4 is 12.3 Å². The topological polar surface area (TPSA) is 30.7 Å². The Labute approximate surface area is 79.8 Å². The summed E-state index contributed by atoms with van der Waals surface area (Å²) in [6.07, 6.45) is 5.29. The zero-order valence-corrected chi connectivity index (χ0v) is 8.78. The highest BCUT2D eigenvalue weighted by atomic mass is 15.2. The van der Waals surface area contributed by atoms with Crippen LogP contribution >= 0.6 is 0 Å². The molecule has 1 heterocycles. The van der Waals surface area contributed by atoms with Crippen LogP contribution in [0.4, 0.5) is 0 Å². The lowest BCUT2D eigenvalue weighted by molar-refractivity contribution is 1.07.